The molecule has 0 bridgehead atoms. The van der Waals surface area contributed by atoms with E-state index in [-0.39, 0.29) is 23.5 Å². The van der Waals surface area contributed by atoms with E-state index >= 15 is 0 Å². The van der Waals surface area contributed by atoms with Gasteiger partial charge in [0.15, 0.2) is 27.3 Å². The van der Waals surface area contributed by atoms with E-state index in [1.807, 2.05) is 12.1 Å². The Morgan fingerprint density at radius 1 is 0.750 bits per heavy atom. The molecule has 2 aliphatic heterocycles. The fourth-order valence-corrected chi connectivity index (χ4v) is 6.04. The third-order valence-electron chi connectivity index (χ3n) is 5.37. The third kappa shape index (κ3) is 8.25. The highest BCUT2D eigenvalue weighted by molar-refractivity contribution is 7.97. The Kier molecular flexibility index (Phi) is 9.28. The van der Waals surface area contributed by atoms with Crippen molar-refractivity contribution in [1.82, 2.24) is 0 Å². The zero-order chi connectivity index (χ0) is 25.4. The lowest BCUT2D eigenvalue weighted by atomic mass is 10.3. The summed E-state index contributed by atoms with van der Waals surface area (Å²) < 4.78 is 50.7. The monoisotopic (exact) mass is 530 g/mol. The van der Waals surface area contributed by atoms with Crippen LogP contribution in [-0.2, 0) is 30.5 Å². The summed E-state index contributed by atoms with van der Waals surface area (Å²) >= 11 is 0. The van der Waals surface area contributed by atoms with Crippen molar-refractivity contribution in [2.75, 3.05) is 19.5 Å². The molecule has 3 aromatic carbocycles. The van der Waals surface area contributed by atoms with Gasteiger partial charge >= 0.3 is 0 Å². The highest BCUT2D eigenvalue weighted by atomic mass is 32.2. The fourth-order valence-electron chi connectivity index (χ4n) is 3.90. The molecule has 7 nitrogen and oxygen atoms in total. The van der Waals surface area contributed by atoms with Gasteiger partial charge in [0.1, 0.15) is 11.5 Å². The maximum absolute atomic E-state index is 9.08. The average molecular weight is 531 g/mol. The van der Waals surface area contributed by atoms with Gasteiger partial charge in [0, 0.05) is 31.2 Å². The van der Waals surface area contributed by atoms with Crippen LogP contribution in [0.4, 0.5) is 0 Å². The van der Waals surface area contributed by atoms with E-state index in [1.54, 1.807) is 0 Å². The molecule has 0 spiro atoms. The average Bonchev–Trinajstić information content (AvgIpc) is 3.54. The van der Waals surface area contributed by atoms with E-state index in [4.69, 9.17) is 31.9 Å². The first-order chi connectivity index (χ1) is 17.3. The van der Waals surface area contributed by atoms with Crippen LogP contribution in [0.25, 0.3) is 0 Å². The Morgan fingerprint density at radius 2 is 1.19 bits per heavy atom. The van der Waals surface area contributed by atoms with Crippen molar-refractivity contribution in [2.24, 2.45) is 0 Å². The summed E-state index contributed by atoms with van der Waals surface area (Å²) in [6.07, 6.45) is 4.31. The number of benzene rings is 3. The molecule has 192 valence electrons. The molecule has 0 aliphatic carbocycles. The van der Waals surface area contributed by atoms with Crippen molar-refractivity contribution in [1.29, 1.82) is 0 Å². The molecule has 0 N–H and O–H groups in total. The van der Waals surface area contributed by atoms with E-state index in [9.17, 15) is 0 Å². The molecular formula is C27H30O7S2. The fraction of sp³-hybridized carbons (Fsp3) is 0.333. The van der Waals surface area contributed by atoms with E-state index < -0.39 is 10.1 Å². The molecule has 2 atom stereocenters. The second-order valence-corrected chi connectivity index (χ2v) is 11.8. The summed E-state index contributed by atoms with van der Waals surface area (Å²) in [4.78, 5) is 3.66. The summed E-state index contributed by atoms with van der Waals surface area (Å²) in [5, 5.41) is 0. The van der Waals surface area contributed by atoms with Crippen LogP contribution in [0.5, 0.6) is 11.5 Å². The van der Waals surface area contributed by atoms with E-state index in [0.29, 0.717) is 6.26 Å². The second-order valence-electron chi connectivity index (χ2n) is 8.39. The Hall–Kier alpha value is -2.56. The lowest BCUT2D eigenvalue weighted by Gasteiger charge is -2.15. The van der Waals surface area contributed by atoms with Gasteiger partial charge in [0.2, 0.25) is 0 Å². The van der Waals surface area contributed by atoms with Crippen molar-refractivity contribution in [2.45, 2.75) is 52.9 Å². The molecule has 36 heavy (non-hydrogen) atoms. The van der Waals surface area contributed by atoms with Gasteiger partial charge in [-0.05, 0) is 49.2 Å². The van der Waals surface area contributed by atoms with E-state index in [1.165, 1.54) is 14.7 Å². The Labute approximate surface area is 215 Å². The third-order valence-corrected chi connectivity index (χ3v) is 7.57. The number of ether oxygens (including phenoxy) is 4. The van der Waals surface area contributed by atoms with E-state index in [2.05, 4.69) is 66.7 Å². The molecular weight excluding hydrogens is 500 g/mol. The van der Waals surface area contributed by atoms with Crippen LogP contribution >= 0.6 is 0 Å². The molecule has 2 saturated heterocycles. The molecule has 2 unspecified atom stereocenters. The standard InChI is InChI=1S/C26H27O4S.CH4O3S/c1-2-10-22(11-3-1)31(23-12-4-8-20(18-23)29-25-14-6-16-27-25)24-13-5-9-21(19-24)30-26-15-7-17-28-26;1-5(2,3)4/h1-5,8-13,18-19,25-26H,6-7,14-17H2;1H3,(H,2,3,4)/q+1;/p-1. The first-order valence-corrected chi connectivity index (χ1v) is 14.9. The van der Waals surface area contributed by atoms with Crippen LogP contribution in [0, 0.1) is 0 Å². The van der Waals surface area contributed by atoms with Crippen LogP contribution in [0.3, 0.4) is 0 Å². The molecule has 2 aliphatic rings. The normalized spacial score (nSPS) is 20.3. The van der Waals surface area contributed by atoms with Gasteiger partial charge in [0.25, 0.3) is 0 Å². The molecule has 5 rings (SSSR count). The maximum atomic E-state index is 9.08. The molecule has 0 amide bonds. The Morgan fingerprint density at radius 3 is 1.61 bits per heavy atom. The van der Waals surface area contributed by atoms with Crippen LogP contribution < -0.4 is 9.47 Å². The van der Waals surface area contributed by atoms with Crippen LogP contribution in [-0.4, -0.2) is 45.0 Å². The summed E-state index contributed by atoms with van der Waals surface area (Å²) in [6, 6.07) is 27.4. The predicted octanol–water partition coefficient (Wildman–Crippen LogP) is 4.97. The summed E-state index contributed by atoms with van der Waals surface area (Å²) in [5.41, 5.74) is 0. The highest BCUT2D eigenvalue weighted by Crippen LogP contribution is 2.35. The van der Waals surface area contributed by atoms with Crippen molar-refractivity contribution in [3.63, 3.8) is 0 Å². The lowest BCUT2D eigenvalue weighted by Crippen LogP contribution is -2.15. The lowest BCUT2D eigenvalue weighted by molar-refractivity contribution is -0.0394. The molecule has 0 aromatic heterocycles. The smallest absolute Gasteiger partial charge is 0.199 e. The van der Waals surface area contributed by atoms with E-state index in [0.717, 1.165) is 50.4 Å². The minimum atomic E-state index is -3.92. The van der Waals surface area contributed by atoms with Gasteiger partial charge in [-0.3, -0.25) is 0 Å². The Bertz CT molecular complexity index is 1140. The van der Waals surface area contributed by atoms with Gasteiger partial charge in [-0.25, -0.2) is 8.42 Å². The van der Waals surface area contributed by atoms with Gasteiger partial charge < -0.3 is 23.5 Å². The SMILES string of the molecule is CS(=O)(=O)[O-].c1ccc([S+](c2cccc(OC3CCCO3)c2)c2cccc(OC3CCCO3)c2)cc1. The first-order valence-electron chi connectivity index (χ1n) is 11.8. The molecule has 3 aromatic rings. The van der Waals surface area contributed by atoms with Gasteiger partial charge in [0.05, 0.1) is 34.2 Å². The molecule has 0 saturated carbocycles. The largest absolute Gasteiger partial charge is 0.748 e. The maximum Gasteiger partial charge on any atom is 0.199 e. The summed E-state index contributed by atoms with van der Waals surface area (Å²) in [6.45, 7) is 1.55. The van der Waals surface area contributed by atoms with Crippen LogP contribution in [0.1, 0.15) is 25.7 Å². The van der Waals surface area contributed by atoms with Crippen molar-refractivity contribution < 1.29 is 31.9 Å². The molecule has 2 fully saturated rings. The topological polar surface area (TPSA) is 94.1 Å². The highest BCUT2D eigenvalue weighted by Gasteiger charge is 2.30. The van der Waals surface area contributed by atoms with Crippen LogP contribution in [0.2, 0.25) is 0 Å². The number of rotatable bonds is 7. The summed E-state index contributed by atoms with van der Waals surface area (Å²) in [5.74, 6) is 1.70. The predicted molar refractivity (Wildman–Crippen MR) is 136 cm³/mol. The molecule has 0 radical (unpaired) electrons. The van der Waals surface area contributed by atoms with Crippen molar-refractivity contribution >= 4 is 21.0 Å². The van der Waals surface area contributed by atoms with Crippen molar-refractivity contribution in [3.05, 3.63) is 78.9 Å². The quantitative estimate of drug-likeness (QED) is 0.314. The molecule has 9 heteroatoms. The van der Waals surface area contributed by atoms with Gasteiger partial charge in [-0.2, -0.15) is 0 Å². The molecule has 2 heterocycles. The minimum Gasteiger partial charge on any atom is -0.748 e. The zero-order valence-corrected chi connectivity index (χ0v) is 21.7. The van der Waals surface area contributed by atoms with Gasteiger partial charge in [-0.1, -0.05) is 30.3 Å². The Balaban J connectivity index is 0.000000556. The zero-order valence-electron chi connectivity index (χ0n) is 20.1. The first kappa shape index (κ1) is 26.5. The minimum absolute atomic E-state index is 0.142. The summed E-state index contributed by atoms with van der Waals surface area (Å²) in [7, 11) is -4.20. The number of hydrogen-bond donors (Lipinski definition) is 0. The second kappa shape index (κ2) is 12.6. The van der Waals surface area contributed by atoms with Crippen LogP contribution in [0.15, 0.2) is 93.5 Å². The van der Waals surface area contributed by atoms with Crippen molar-refractivity contribution in [3.8, 4) is 11.5 Å². The number of hydrogen-bond acceptors (Lipinski definition) is 7. The van der Waals surface area contributed by atoms with Gasteiger partial charge in [-0.15, -0.1) is 0 Å².